The molecule has 2 rings (SSSR count). The molecule has 0 N–H and O–H groups in total. The van der Waals surface area contributed by atoms with E-state index in [9.17, 15) is 4.79 Å². The van der Waals surface area contributed by atoms with Crippen molar-refractivity contribution in [2.75, 3.05) is 14.2 Å². The standard InChI is InChI=1S/C18H23NO2.C2H6/c1-4-5-13(12-19-2)10-17-16-8-7-15(21-3)11-14(16)6-9-18(17)20;1-2/h5,7-8,11-12,17H,4,6,9-10H2,1-3H3;1-2H3/b13-5-,19-12?;. The lowest BCUT2D eigenvalue weighted by molar-refractivity contribution is -0.120. The second-order valence-corrected chi connectivity index (χ2v) is 5.36. The van der Waals surface area contributed by atoms with Crippen molar-refractivity contribution in [2.45, 2.75) is 52.4 Å². The average Bonchev–Trinajstić information content (AvgIpc) is 2.59. The van der Waals surface area contributed by atoms with Gasteiger partial charge in [0.1, 0.15) is 11.5 Å². The number of carbonyl (C=O) groups is 1. The summed E-state index contributed by atoms with van der Waals surface area (Å²) in [4.78, 5) is 16.5. The third-order valence-corrected chi connectivity index (χ3v) is 3.96. The molecule has 0 heterocycles. The summed E-state index contributed by atoms with van der Waals surface area (Å²) < 4.78 is 5.28. The Morgan fingerprint density at radius 3 is 2.70 bits per heavy atom. The van der Waals surface area contributed by atoms with Gasteiger partial charge in [0.05, 0.1) is 7.11 Å². The third kappa shape index (κ3) is 5.05. The van der Waals surface area contributed by atoms with Gasteiger partial charge in [0.25, 0.3) is 0 Å². The number of Topliss-reactive ketones (excluding diaryl/α,β-unsaturated/α-hetero) is 1. The summed E-state index contributed by atoms with van der Waals surface area (Å²) in [7, 11) is 3.44. The van der Waals surface area contributed by atoms with E-state index in [2.05, 4.69) is 24.1 Å². The van der Waals surface area contributed by atoms with Gasteiger partial charge in [-0.2, -0.15) is 0 Å². The first kappa shape index (κ1) is 19.1. The summed E-state index contributed by atoms with van der Waals surface area (Å²) in [5.41, 5.74) is 3.53. The van der Waals surface area contributed by atoms with Crippen LogP contribution in [0, 0.1) is 0 Å². The minimum atomic E-state index is -0.0459. The van der Waals surface area contributed by atoms with E-state index < -0.39 is 0 Å². The fraction of sp³-hybridized carbons (Fsp3) is 0.500. The van der Waals surface area contributed by atoms with Crippen molar-refractivity contribution >= 4 is 12.0 Å². The molecule has 0 radical (unpaired) electrons. The predicted octanol–water partition coefficient (Wildman–Crippen LogP) is 4.75. The van der Waals surface area contributed by atoms with Gasteiger partial charge in [-0.05, 0) is 48.1 Å². The third-order valence-electron chi connectivity index (χ3n) is 3.96. The molecule has 1 atom stereocenters. The van der Waals surface area contributed by atoms with Crippen molar-refractivity contribution in [1.29, 1.82) is 0 Å². The molecular weight excluding hydrogens is 286 g/mol. The number of fused-ring (bicyclic) bond motifs is 1. The van der Waals surface area contributed by atoms with Crippen LogP contribution in [0.1, 0.15) is 57.1 Å². The summed E-state index contributed by atoms with van der Waals surface area (Å²) in [5, 5.41) is 0. The zero-order valence-electron chi connectivity index (χ0n) is 15.1. The molecule has 0 spiro atoms. The highest BCUT2D eigenvalue weighted by Gasteiger charge is 2.28. The van der Waals surface area contributed by atoms with Crippen LogP contribution < -0.4 is 4.74 Å². The number of methoxy groups -OCH3 is 1. The number of aryl methyl sites for hydroxylation is 1. The molecule has 0 amide bonds. The number of nitrogens with zero attached hydrogens (tertiary/aromatic N) is 1. The van der Waals surface area contributed by atoms with Crippen LogP contribution in [0.4, 0.5) is 0 Å². The molecule has 1 aliphatic carbocycles. The molecule has 0 aromatic heterocycles. The molecule has 0 saturated carbocycles. The molecule has 1 aromatic carbocycles. The summed E-state index contributed by atoms with van der Waals surface area (Å²) in [6.07, 6.45) is 7.15. The lowest BCUT2D eigenvalue weighted by Crippen LogP contribution is -2.21. The summed E-state index contributed by atoms with van der Waals surface area (Å²) in [6.45, 7) is 6.10. The predicted molar refractivity (Wildman–Crippen MR) is 97.8 cm³/mol. The smallest absolute Gasteiger partial charge is 0.141 e. The number of ether oxygens (including phenoxy) is 1. The van der Waals surface area contributed by atoms with Gasteiger partial charge < -0.3 is 4.74 Å². The Kier molecular flexibility index (Phi) is 8.31. The van der Waals surface area contributed by atoms with Crippen LogP contribution in [0.2, 0.25) is 0 Å². The van der Waals surface area contributed by atoms with E-state index in [1.165, 1.54) is 5.56 Å². The van der Waals surface area contributed by atoms with E-state index in [4.69, 9.17) is 4.74 Å². The lowest BCUT2D eigenvalue weighted by atomic mass is 9.78. The highest BCUT2D eigenvalue weighted by atomic mass is 16.5. The van der Waals surface area contributed by atoms with E-state index in [-0.39, 0.29) is 5.92 Å². The Hall–Kier alpha value is -1.90. The summed E-state index contributed by atoms with van der Waals surface area (Å²) >= 11 is 0. The zero-order valence-corrected chi connectivity index (χ0v) is 15.1. The number of ketones is 1. The quantitative estimate of drug-likeness (QED) is 0.736. The largest absolute Gasteiger partial charge is 0.497 e. The first-order valence-electron chi connectivity index (χ1n) is 8.50. The van der Waals surface area contributed by atoms with Crippen LogP contribution in [0.5, 0.6) is 5.75 Å². The Morgan fingerprint density at radius 2 is 2.09 bits per heavy atom. The number of benzene rings is 1. The second kappa shape index (κ2) is 9.98. The van der Waals surface area contributed by atoms with Gasteiger partial charge in [-0.1, -0.05) is 32.9 Å². The molecule has 1 aromatic rings. The van der Waals surface area contributed by atoms with Crippen molar-refractivity contribution in [1.82, 2.24) is 0 Å². The number of hydrogen-bond acceptors (Lipinski definition) is 3. The Morgan fingerprint density at radius 1 is 1.35 bits per heavy atom. The summed E-state index contributed by atoms with van der Waals surface area (Å²) in [6, 6.07) is 6.05. The van der Waals surface area contributed by atoms with E-state index in [1.807, 2.05) is 32.2 Å². The van der Waals surface area contributed by atoms with E-state index in [1.54, 1.807) is 14.2 Å². The first-order valence-corrected chi connectivity index (χ1v) is 8.50. The SMILES string of the molecule is CC.CC/C=C(\C=NC)CC1C(=O)CCc2cc(OC)ccc21. The normalized spacial score (nSPS) is 17.5. The number of carbonyl (C=O) groups excluding carboxylic acids is 1. The van der Waals surface area contributed by atoms with Crippen molar-refractivity contribution in [3.05, 3.63) is 41.0 Å². The van der Waals surface area contributed by atoms with Crippen LogP contribution in [0.3, 0.4) is 0 Å². The van der Waals surface area contributed by atoms with Crippen molar-refractivity contribution in [3.8, 4) is 5.75 Å². The van der Waals surface area contributed by atoms with E-state index in [0.29, 0.717) is 12.2 Å². The maximum absolute atomic E-state index is 12.4. The molecule has 23 heavy (non-hydrogen) atoms. The van der Waals surface area contributed by atoms with Crippen LogP contribution in [0.25, 0.3) is 0 Å². The Balaban J connectivity index is 0.00000127. The maximum atomic E-state index is 12.4. The van der Waals surface area contributed by atoms with Crippen molar-refractivity contribution in [2.24, 2.45) is 4.99 Å². The molecule has 126 valence electrons. The second-order valence-electron chi connectivity index (χ2n) is 5.36. The van der Waals surface area contributed by atoms with Crippen LogP contribution >= 0.6 is 0 Å². The van der Waals surface area contributed by atoms with Crippen LogP contribution in [0.15, 0.2) is 34.8 Å². The van der Waals surface area contributed by atoms with Gasteiger partial charge in [0, 0.05) is 25.6 Å². The van der Waals surface area contributed by atoms with Gasteiger partial charge in [-0.15, -0.1) is 0 Å². The molecule has 3 heteroatoms. The molecule has 1 aliphatic rings. The molecule has 0 aliphatic heterocycles. The topological polar surface area (TPSA) is 38.7 Å². The van der Waals surface area contributed by atoms with Gasteiger partial charge in [-0.3, -0.25) is 9.79 Å². The minimum Gasteiger partial charge on any atom is -0.497 e. The van der Waals surface area contributed by atoms with Gasteiger partial charge in [0.15, 0.2) is 0 Å². The molecular formula is C20H29NO2. The van der Waals surface area contributed by atoms with Crippen LogP contribution in [-0.4, -0.2) is 26.2 Å². The first-order chi connectivity index (χ1) is 11.2. The van der Waals surface area contributed by atoms with Gasteiger partial charge >= 0.3 is 0 Å². The highest BCUT2D eigenvalue weighted by molar-refractivity contribution is 5.90. The number of rotatable bonds is 5. The monoisotopic (exact) mass is 315 g/mol. The zero-order chi connectivity index (χ0) is 17.2. The molecule has 0 fully saturated rings. The van der Waals surface area contributed by atoms with Crippen molar-refractivity contribution in [3.63, 3.8) is 0 Å². The highest BCUT2D eigenvalue weighted by Crippen LogP contribution is 2.35. The molecule has 0 saturated heterocycles. The van der Waals surface area contributed by atoms with Crippen LogP contribution in [-0.2, 0) is 11.2 Å². The number of aliphatic imine (C=N–C) groups is 1. The Bertz CT molecular complexity index is 573. The maximum Gasteiger partial charge on any atom is 0.141 e. The van der Waals surface area contributed by atoms with E-state index >= 15 is 0 Å². The Labute approximate surface area is 140 Å². The average molecular weight is 315 g/mol. The number of hydrogen-bond donors (Lipinski definition) is 0. The lowest BCUT2D eigenvalue weighted by Gasteiger charge is -2.25. The fourth-order valence-corrected chi connectivity index (χ4v) is 2.95. The van der Waals surface area contributed by atoms with E-state index in [0.717, 1.165) is 36.1 Å². The van der Waals surface area contributed by atoms with Crippen molar-refractivity contribution < 1.29 is 9.53 Å². The minimum absolute atomic E-state index is 0.0459. The molecule has 0 bridgehead atoms. The molecule has 3 nitrogen and oxygen atoms in total. The van der Waals surface area contributed by atoms with Gasteiger partial charge in [0.2, 0.25) is 0 Å². The van der Waals surface area contributed by atoms with Gasteiger partial charge in [-0.25, -0.2) is 0 Å². The number of allylic oxidation sites excluding steroid dienone is 2. The summed E-state index contributed by atoms with van der Waals surface area (Å²) in [5.74, 6) is 1.15. The molecule has 1 unspecified atom stereocenters. The fourth-order valence-electron chi connectivity index (χ4n) is 2.95.